The Balaban J connectivity index is -0.00000128. The SMILES string of the molecule is CCCCCCCCCCCCOS(=O)(=O)[O-].N.[Na+]. The van der Waals surface area contributed by atoms with Crippen LogP contribution in [0.5, 0.6) is 0 Å². The van der Waals surface area contributed by atoms with Gasteiger partial charge in [-0.05, 0) is 6.42 Å². The fourth-order valence-corrected chi connectivity index (χ4v) is 2.07. The molecular weight excluding hydrogens is 277 g/mol. The first kappa shape index (κ1) is 24.8. The second-order valence-corrected chi connectivity index (χ2v) is 5.46. The molecule has 0 saturated heterocycles. The van der Waals surface area contributed by atoms with Crippen LogP contribution in [-0.2, 0) is 14.6 Å². The van der Waals surface area contributed by atoms with Crippen molar-refractivity contribution in [2.24, 2.45) is 0 Å². The molecule has 0 aliphatic rings. The smallest absolute Gasteiger partial charge is 0.726 e. The number of hydrogen-bond donors (Lipinski definition) is 1. The Labute approximate surface area is 140 Å². The van der Waals surface area contributed by atoms with Gasteiger partial charge in [0, 0.05) is 0 Å². The van der Waals surface area contributed by atoms with E-state index in [1.165, 1.54) is 44.9 Å². The van der Waals surface area contributed by atoms with Crippen LogP contribution >= 0.6 is 0 Å². The molecule has 0 rings (SSSR count). The number of hydrogen-bond acceptors (Lipinski definition) is 5. The Morgan fingerprint density at radius 3 is 1.58 bits per heavy atom. The minimum absolute atomic E-state index is 0. The molecule has 0 unspecified atom stereocenters. The second-order valence-electron chi connectivity index (χ2n) is 4.41. The third kappa shape index (κ3) is 24.3. The largest absolute Gasteiger partial charge is 1.00 e. The van der Waals surface area contributed by atoms with Crippen LogP contribution in [0, 0.1) is 0 Å². The van der Waals surface area contributed by atoms with Crippen LogP contribution in [0.3, 0.4) is 0 Å². The summed E-state index contributed by atoms with van der Waals surface area (Å²) in [6, 6.07) is 0. The predicted molar refractivity (Wildman–Crippen MR) is 72.5 cm³/mol. The average molecular weight is 305 g/mol. The van der Waals surface area contributed by atoms with Gasteiger partial charge in [0.05, 0.1) is 6.61 Å². The van der Waals surface area contributed by atoms with Crippen molar-refractivity contribution >= 4 is 10.4 Å². The summed E-state index contributed by atoms with van der Waals surface area (Å²) in [7, 11) is -4.48. The minimum atomic E-state index is -4.48. The topological polar surface area (TPSA) is 101 Å². The van der Waals surface area contributed by atoms with Crippen molar-refractivity contribution in [1.29, 1.82) is 0 Å². The fraction of sp³-hybridized carbons (Fsp3) is 1.00. The van der Waals surface area contributed by atoms with Crippen molar-refractivity contribution in [3.8, 4) is 0 Å². The zero-order valence-corrected chi connectivity index (χ0v) is 15.3. The van der Waals surface area contributed by atoms with E-state index in [1.54, 1.807) is 0 Å². The van der Waals surface area contributed by atoms with Crippen LogP contribution in [0.1, 0.15) is 71.1 Å². The molecule has 0 aliphatic carbocycles. The Morgan fingerprint density at radius 2 is 1.21 bits per heavy atom. The van der Waals surface area contributed by atoms with E-state index in [2.05, 4.69) is 11.1 Å². The van der Waals surface area contributed by atoms with Crippen LogP contribution < -0.4 is 35.7 Å². The van der Waals surface area contributed by atoms with Crippen LogP contribution in [0.15, 0.2) is 0 Å². The van der Waals surface area contributed by atoms with E-state index in [0.29, 0.717) is 6.42 Å². The summed E-state index contributed by atoms with van der Waals surface area (Å²) >= 11 is 0. The van der Waals surface area contributed by atoms with Gasteiger partial charge >= 0.3 is 29.6 Å². The maximum atomic E-state index is 10.1. The minimum Gasteiger partial charge on any atom is -0.726 e. The van der Waals surface area contributed by atoms with Gasteiger partial charge in [-0.25, -0.2) is 8.42 Å². The summed E-state index contributed by atoms with van der Waals surface area (Å²) < 4.78 is 34.5. The van der Waals surface area contributed by atoms with Gasteiger partial charge in [0.15, 0.2) is 0 Å². The standard InChI is InChI=1S/C12H26O4S.H3N.Na/c1-2-3-4-5-6-7-8-9-10-11-12-16-17(13,14)15;;/h2-12H2,1H3,(H,13,14,15);1H3;/q;;+1/p-1. The summed E-state index contributed by atoms with van der Waals surface area (Å²) in [5.74, 6) is 0. The van der Waals surface area contributed by atoms with E-state index in [1.807, 2.05) is 0 Å². The van der Waals surface area contributed by atoms with Gasteiger partial charge in [-0.3, -0.25) is 4.18 Å². The first-order valence-corrected chi connectivity index (χ1v) is 8.00. The monoisotopic (exact) mass is 305 g/mol. The molecule has 0 fully saturated rings. The zero-order valence-electron chi connectivity index (χ0n) is 12.5. The molecule has 0 radical (unpaired) electrons. The van der Waals surface area contributed by atoms with E-state index >= 15 is 0 Å². The maximum Gasteiger partial charge on any atom is 1.00 e. The van der Waals surface area contributed by atoms with Gasteiger partial charge in [0.2, 0.25) is 10.4 Å². The van der Waals surface area contributed by atoms with Crippen molar-refractivity contribution in [2.75, 3.05) is 6.61 Å². The molecule has 112 valence electrons. The van der Waals surface area contributed by atoms with E-state index in [9.17, 15) is 13.0 Å². The molecule has 19 heavy (non-hydrogen) atoms. The first-order chi connectivity index (χ1) is 8.06. The molecular formula is C12H28NNaO4S. The molecule has 0 amide bonds. The van der Waals surface area contributed by atoms with Gasteiger partial charge in [0.1, 0.15) is 0 Å². The predicted octanol–water partition coefficient (Wildman–Crippen LogP) is 0.550. The molecule has 7 heteroatoms. The van der Waals surface area contributed by atoms with Crippen LogP contribution in [-0.4, -0.2) is 19.6 Å². The summed E-state index contributed by atoms with van der Waals surface area (Å²) in [6.07, 6.45) is 11.7. The Kier molecular flexibility index (Phi) is 22.1. The van der Waals surface area contributed by atoms with Crippen molar-refractivity contribution in [2.45, 2.75) is 71.1 Å². The first-order valence-electron chi connectivity index (χ1n) is 6.66. The Morgan fingerprint density at radius 1 is 0.842 bits per heavy atom. The van der Waals surface area contributed by atoms with Crippen LogP contribution in [0.25, 0.3) is 0 Å². The quantitative estimate of drug-likeness (QED) is 0.245. The van der Waals surface area contributed by atoms with Crippen LogP contribution in [0.2, 0.25) is 0 Å². The Hall–Kier alpha value is 0.830. The normalized spacial score (nSPS) is 10.6. The zero-order chi connectivity index (χ0) is 13.0. The molecule has 0 spiro atoms. The third-order valence-electron chi connectivity index (χ3n) is 2.73. The molecule has 0 saturated carbocycles. The number of unbranched alkanes of at least 4 members (excludes halogenated alkanes) is 9. The van der Waals surface area contributed by atoms with Crippen LogP contribution in [0.4, 0.5) is 0 Å². The summed E-state index contributed by atoms with van der Waals surface area (Å²) in [5, 5.41) is 0. The van der Waals surface area contributed by atoms with Crippen molar-refractivity contribution < 1.29 is 46.7 Å². The molecule has 3 N–H and O–H groups in total. The summed E-state index contributed by atoms with van der Waals surface area (Å²) in [4.78, 5) is 0. The molecule has 5 nitrogen and oxygen atoms in total. The summed E-state index contributed by atoms with van der Waals surface area (Å²) in [6.45, 7) is 2.24. The van der Waals surface area contributed by atoms with Crippen molar-refractivity contribution in [3.63, 3.8) is 0 Å². The molecule has 0 atom stereocenters. The van der Waals surface area contributed by atoms with E-state index in [4.69, 9.17) is 0 Å². The summed E-state index contributed by atoms with van der Waals surface area (Å²) in [5.41, 5.74) is 0. The van der Waals surface area contributed by atoms with Gasteiger partial charge in [-0.1, -0.05) is 64.7 Å². The van der Waals surface area contributed by atoms with E-state index < -0.39 is 10.4 Å². The second kappa shape index (κ2) is 16.9. The molecule has 0 aromatic carbocycles. The molecule has 0 bridgehead atoms. The van der Waals surface area contributed by atoms with Gasteiger partial charge in [-0.2, -0.15) is 0 Å². The van der Waals surface area contributed by atoms with E-state index in [0.717, 1.165) is 12.8 Å². The van der Waals surface area contributed by atoms with Gasteiger partial charge in [0.25, 0.3) is 0 Å². The molecule has 0 aromatic rings. The van der Waals surface area contributed by atoms with Crippen molar-refractivity contribution in [1.82, 2.24) is 6.15 Å². The van der Waals surface area contributed by atoms with Gasteiger partial charge in [-0.15, -0.1) is 0 Å². The molecule has 0 heterocycles. The van der Waals surface area contributed by atoms with Gasteiger partial charge < -0.3 is 10.7 Å². The molecule has 0 aromatic heterocycles. The van der Waals surface area contributed by atoms with E-state index in [-0.39, 0.29) is 42.3 Å². The average Bonchev–Trinajstić information content (AvgIpc) is 2.24. The Bertz CT molecular complexity index is 260. The molecule has 0 aliphatic heterocycles. The number of rotatable bonds is 12. The fourth-order valence-electron chi connectivity index (χ4n) is 1.75. The maximum absolute atomic E-state index is 10.1. The van der Waals surface area contributed by atoms with Crippen molar-refractivity contribution in [3.05, 3.63) is 0 Å². The third-order valence-corrected chi connectivity index (χ3v) is 3.18.